The molecular formula is C14H24O2Si. The molecule has 0 saturated heterocycles. The van der Waals surface area contributed by atoms with Crippen molar-refractivity contribution in [1.82, 2.24) is 0 Å². The maximum absolute atomic E-state index is 9.64. The van der Waals surface area contributed by atoms with Crippen molar-refractivity contribution in [2.75, 3.05) is 0 Å². The third kappa shape index (κ3) is 3.77. The molecule has 0 amide bonds. The van der Waals surface area contributed by atoms with Gasteiger partial charge in [0.15, 0.2) is 0 Å². The molecule has 96 valence electrons. The van der Waals surface area contributed by atoms with Gasteiger partial charge in [0.1, 0.15) is 11.5 Å². The molecule has 3 heteroatoms. The minimum Gasteiger partial charge on any atom is -0.546 e. The monoisotopic (exact) mass is 252 g/mol. The fraction of sp³-hybridized carbons (Fsp3) is 0.571. The Bertz CT molecular complexity index is 353. The highest BCUT2D eigenvalue weighted by atomic mass is 28.3. The normalized spacial score (nSPS) is 11.5. The molecule has 1 aromatic rings. The lowest BCUT2D eigenvalue weighted by Gasteiger charge is -2.24. The molecule has 0 radical (unpaired) electrons. The van der Waals surface area contributed by atoms with E-state index in [1.165, 1.54) is 0 Å². The van der Waals surface area contributed by atoms with Crippen LogP contribution in [0.2, 0.25) is 11.1 Å². The van der Waals surface area contributed by atoms with Crippen molar-refractivity contribution in [3.05, 3.63) is 23.8 Å². The minimum atomic E-state index is -1.24. The zero-order valence-electron chi connectivity index (χ0n) is 11.5. The second-order valence-electron chi connectivity index (χ2n) is 5.21. The Morgan fingerprint density at radius 1 is 1.18 bits per heavy atom. The molecular weight excluding hydrogens is 228 g/mol. The van der Waals surface area contributed by atoms with Gasteiger partial charge in [-0.2, -0.15) is 0 Å². The van der Waals surface area contributed by atoms with Gasteiger partial charge in [0.2, 0.25) is 9.04 Å². The first-order valence-electron chi connectivity index (χ1n) is 6.44. The van der Waals surface area contributed by atoms with Gasteiger partial charge in [0.05, 0.1) is 0 Å². The van der Waals surface area contributed by atoms with Crippen LogP contribution in [0.15, 0.2) is 18.2 Å². The Hall–Kier alpha value is -0.963. The lowest BCUT2D eigenvalue weighted by molar-refractivity contribution is 0.465. The fourth-order valence-corrected chi connectivity index (χ4v) is 4.66. The Kier molecular flexibility index (Phi) is 5.06. The van der Waals surface area contributed by atoms with Gasteiger partial charge in [0.25, 0.3) is 0 Å². The van der Waals surface area contributed by atoms with Gasteiger partial charge in [-0.05, 0) is 41.3 Å². The molecule has 0 aromatic heterocycles. The maximum atomic E-state index is 9.64. The number of phenols is 1. The van der Waals surface area contributed by atoms with Crippen LogP contribution in [0.5, 0.6) is 11.5 Å². The number of hydrogen-bond donors (Lipinski definition) is 1. The van der Waals surface area contributed by atoms with Gasteiger partial charge in [-0.3, -0.25) is 0 Å². The van der Waals surface area contributed by atoms with Crippen LogP contribution in [0, 0.1) is 0 Å². The van der Waals surface area contributed by atoms with E-state index in [9.17, 15) is 5.11 Å². The first kappa shape index (κ1) is 14.1. The van der Waals surface area contributed by atoms with E-state index < -0.39 is 9.04 Å². The van der Waals surface area contributed by atoms with Gasteiger partial charge in [-0.1, -0.05) is 34.6 Å². The van der Waals surface area contributed by atoms with Crippen molar-refractivity contribution in [3.63, 3.8) is 0 Å². The molecule has 0 aliphatic heterocycles. The number of benzene rings is 1. The molecule has 17 heavy (non-hydrogen) atoms. The standard InChI is InChI=1S/C14H24O2Si/c1-6-12-9-13(7-8-14(12)15)16-17(10(2)3)11(4)5/h7-11,15,17H,6H2,1-5H3. The van der Waals surface area contributed by atoms with Crippen LogP contribution in [0.3, 0.4) is 0 Å². The third-order valence-electron chi connectivity index (χ3n) is 3.02. The third-order valence-corrected chi connectivity index (χ3v) is 6.19. The van der Waals surface area contributed by atoms with E-state index in [-0.39, 0.29) is 0 Å². The summed E-state index contributed by atoms with van der Waals surface area (Å²) in [6, 6.07) is 5.58. The molecule has 1 aromatic carbocycles. The summed E-state index contributed by atoms with van der Waals surface area (Å²) in [4.78, 5) is 0. The van der Waals surface area contributed by atoms with E-state index in [2.05, 4.69) is 27.7 Å². The van der Waals surface area contributed by atoms with Gasteiger partial charge in [-0.15, -0.1) is 0 Å². The van der Waals surface area contributed by atoms with Crippen molar-refractivity contribution in [2.45, 2.75) is 52.1 Å². The molecule has 0 heterocycles. The van der Waals surface area contributed by atoms with E-state index in [0.29, 0.717) is 16.8 Å². The van der Waals surface area contributed by atoms with Crippen LogP contribution in [0.25, 0.3) is 0 Å². The zero-order chi connectivity index (χ0) is 13.0. The molecule has 2 nitrogen and oxygen atoms in total. The highest BCUT2D eigenvalue weighted by Gasteiger charge is 2.22. The molecule has 0 saturated carbocycles. The molecule has 0 spiro atoms. The van der Waals surface area contributed by atoms with E-state index in [1.807, 2.05) is 19.1 Å². The SMILES string of the molecule is CCc1cc(O[SiH](C(C)C)C(C)C)ccc1O. The first-order valence-corrected chi connectivity index (χ1v) is 8.24. The quantitative estimate of drug-likeness (QED) is 0.806. The van der Waals surface area contributed by atoms with Crippen molar-refractivity contribution in [1.29, 1.82) is 0 Å². The number of hydrogen-bond acceptors (Lipinski definition) is 2. The maximum Gasteiger partial charge on any atom is 0.240 e. The number of aromatic hydroxyl groups is 1. The highest BCUT2D eigenvalue weighted by Crippen LogP contribution is 2.28. The van der Waals surface area contributed by atoms with Gasteiger partial charge in [0, 0.05) is 0 Å². The Morgan fingerprint density at radius 3 is 2.24 bits per heavy atom. The molecule has 0 atom stereocenters. The highest BCUT2D eigenvalue weighted by molar-refractivity contribution is 6.55. The summed E-state index contributed by atoms with van der Waals surface area (Å²) in [6.07, 6.45) is 0.832. The largest absolute Gasteiger partial charge is 0.546 e. The minimum absolute atomic E-state index is 0.368. The van der Waals surface area contributed by atoms with E-state index in [1.54, 1.807) is 6.07 Å². The topological polar surface area (TPSA) is 29.5 Å². The summed E-state index contributed by atoms with van der Waals surface area (Å²) < 4.78 is 6.16. The van der Waals surface area contributed by atoms with E-state index in [0.717, 1.165) is 17.7 Å². The summed E-state index contributed by atoms with van der Waals surface area (Å²) in [7, 11) is -1.24. The summed E-state index contributed by atoms with van der Waals surface area (Å²) in [5, 5.41) is 9.64. The second kappa shape index (κ2) is 6.10. The molecule has 0 aliphatic carbocycles. The molecule has 1 N–H and O–H groups in total. The summed E-state index contributed by atoms with van der Waals surface area (Å²) in [6.45, 7) is 11.0. The van der Waals surface area contributed by atoms with Crippen LogP contribution in [0.4, 0.5) is 0 Å². The Labute approximate surface area is 106 Å². The van der Waals surface area contributed by atoms with Crippen molar-refractivity contribution in [2.24, 2.45) is 0 Å². The molecule has 0 fully saturated rings. The zero-order valence-corrected chi connectivity index (χ0v) is 12.7. The Morgan fingerprint density at radius 2 is 1.76 bits per heavy atom. The van der Waals surface area contributed by atoms with Gasteiger partial charge in [-0.25, -0.2) is 0 Å². The number of aryl methyl sites for hydroxylation is 1. The second-order valence-corrected chi connectivity index (χ2v) is 9.05. The summed E-state index contributed by atoms with van der Waals surface area (Å²) in [5.74, 6) is 1.28. The smallest absolute Gasteiger partial charge is 0.240 e. The van der Waals surface area contributed by atoms with Crippen LogP contribution >= 0.6 is 0 Å². The average Bonchev–Trinajstić information content (AvgIpc) is 2.26. The Balaban J connectivity index is 2.86. The molecule has 0 aliphatic rings. The predicted octanol–water partition coefficient (Wildman–Crippen LogP) is 3.88. The lowest BCUT2D eigenvalue weighted by atomic mass is 10.1. The van der Waals surface area contributed by atoms with E-state index >= 15 is 0 Å². The number of phenolic OH excluding ortho intramolecular Hbond substituents is 1. The number of rotatable bonds is 5. The first-order chi connectivity index (χ1) is 7.95. The predicted molar refractivity (Wildman–Crippen MR) is 75.5 cm³/mol. The van der Waals surface area contributed by atoms with Crippen LogP contribution in [0.1, 0.15) is 40.2 Å². The summed E-state index contributed by atoms with van der Waals surface area (Å²) >= 11 is 0. The van der Waals surface area contributed by atoms with Crippen molar-refractivity contribution < 1.29 is 9.53 Å². The van der Waals surface area contributed by atoms with Crippen LogP contribution in [-0.4, -0.2) is 14.1 Å². The molecule has 0 bridgehead atoms. The van der Waals surface area contributed by atoms with Crippen molar-refractivity contribution in [3.8, 4) is 11.5 Å². The van der Waals surface area contributed by atoms with Gasteiger partial charge >= 0.3 is 0 Å². The van der Waals surface area contributed by atoms with Crippen molar-refractivity contribution >= 4 is 9.04 Å². The van der Waals surface area contributed by atoms with Crippen LogP contribution < -0.4 is 4.43 Å². The lowest BCUT2D eigenvalue weighted by Crippen LogP contribution is -2.28. The molecule has 0 unspecified atom stereocenters. The van der Waals surface area contributed by atoms with Gasteiger partial charge < -0.3 is 9.53 Å². The fourth-order valence-electron chi connectivity index (χ4n) is 2.12. The summed E-state index contributed by atoms with van der Waals surface area (Å²) in [5.41, 5.74) is 2.20. The average molecular weight is 252 g/mol. The van der Waals surface area contributed by atoms with Crippen LogP contribution in [-0.2, 0) is 6.42 Å². The van der Waals surface area contributed by atoms with E-state index in [4.69, 9.17) is 4.43 Å². The molecule has 1 rings (SSSR count).